The molecular formula is C7H16NO2P. The van der Waals surface area contributed by atoms with Gasteiger partial charge in [-0.1, -0.05) is 19.3 Å². The summed E-state index contributed by atoms with van der Waals surface area (Å²) in [7, 11) is -2.48. The standard InChI is InChI=1S/C7H16NO2P/c8-7(11(9)10)6-4-2-1-3-5-6/h6-7,11H,1-5,8H2,(H,9,10). The minimum Gasteiger partial charge on any atom is -0.345 e. The fourth-order valence-electron chi connectivity index (χ4n) is 1.69. The van der Waals surface area contributed by atoms with E-state index >= 15 is 0 Å². The predicted molar refractivity (Wildman–Crippen MR) is 45.8 cm³/mol. The Hall–Kier alpha value is 0.150. The molecule has 11 heavy (non-hydrogen) atoms. The molecule has 3 N–H and O–H groups in total. The molecule has 4 heteroatoms. The first kappa shape index (κ1) is 9.24. The van der Waals surface area contributed by atoms with Crippen LogP contribution < -0.4 is 5.73 Å². The van der Waals surface area contributed by atoms with Crippen LogP contribution in [0.2, 0.25) is 0 Å². The molecule has 2 unspecified atom stereocenters. The molecule has 0 radical (unpaired) electrons. The molecule has 0 aromatic rings. The van der Waals surface area contributed by atoms with Gasteiger partial charge in [0.2, 0.25) is 8.03 Å². The van der Waals surface area contributed by atoms with Gasteiger partial charge in [0.25, 0.3) is 0 Å². The maximum atomic E-state index is 10.7. The fraction of sp³-hybridized carbons (Fsp3) is 1.00. The van der Waals surface area contributed by atoms with E-state index in [1.54, 1.807) is 0 Å². The van der Waals surface area contributed by atoms with Crippen molar-refractivity contribution in [3.63, 3.8) is 0 Å². The summed E-state index contributed by atoms with van der Waals surface area (Å²) in [5, 5.41) is 0. The normalized spacial score (nSPS) is 26.4. The van der Waals surface area contributed by atoms with Gasteiger partial charge in [-0.25, -0.2) is 0 Å². The second-order valence-corrected chi connectivity index (χ2v) is 4.61. The van der Waals surface area contributed by atoms with E-state index in [-0.39, 0.29) is 0 Å². The highest BCUT2D eigenvalue weighted by atomic mass is 31.1. The molecule has 2 atom stereocenters. The Morgan fingerprint density at radius 2 is 1.91 bits per heavy atom. The Labute approximate surface area is 67.8 Å². The van der Waals surface area contributed by atoms with Crippen molar-refractivity contribution in [3.8, 4) is 0 Å². The summed E-state index contributed by atoms with van der Waals surface area (Å²) in [5.41, 5.74) is 5.57. The van der Waals surface area contributed by atoms with Crippen molar-refractivity contribution in [2.45, 2.75) is 37.9 Å². The molecule has 1 aliphatic rings. The van der Waals surface area contributed by atoms with E-state index in [4.69, 9.17) is 10.6 Å². The number of rotatable bonds is 2. The Bertz CT molecular complexity index is 145. The second kappa shape index (κ2) is 4.24. The Morgan fingerprint density at radius 3 is 2.36 bits per heavy atom. The zero-order valence-corrected chi connectivity index (χ0v) is 7.62. The van der Waals surface area contributed by atoms with Gasteiger partial charge in [0.1, 0.15) is 0 Å². The van der Waals surface area contributed by atoms with Crippen LogP contribution in [0.25, 0.3) is 0 Å². The van der Waals surface area contributed by atoms with Gasteiger partial charge >= 0.3 is 0 Å². The summed E-state index contributed by atoms with van der Waals surface area (Å²) in [5.74, 6) is -0.138. The molecule has 0 bridgehead atoms. The SMILES string of the molecule is NC(C1CCCCC1)[PH](=O)O. The Balaban J connectivity index is 2.38. The average Bonchev–Trinajstić information content (AvgIpc) is 2.05. The summed E-state index contributed by atoms with van der Waals surface area (Å²) < 4.78 is 10.7. The first-order valence-corrected chi connectivity index (χ1v) is 5.63. The molecule has 1 fully saturated rings. The third-order valence-corrected chi connectivity index (χ3v) is 3.48. The van der Waals surface area contributed by atoms with E-state index in [0.29, 0.717) is 5.92 Å². The molecule has 0 saturated heterocycles. The van der Waals surface area contributed by atoms with Crippen molar-refractivity contribution in [1.29, 1.82) is 0 Å². The van der Waals surface area contributed by atoms with E-state index < -0.39 is 13.8 Å². The van der Waals surface area contributed by atoms with E-state index in [1.165, 1.54) is 19.3 Å². The van der Waals surface area contributed by atoms with Crippen LogP contribution >= 0.6 is 8.03 Å². The molecule has 1 aliphatic carbocycles. The van der Waals surface area contributed by atoms with E-state index in [0.717, 1.165) is 12.8 Å². The van der Waals surface area contributed by atoms with Crippen LogP contribution in [0.4, 0.5) is 0 Å². The van der Waals surface area contributed by atoms with Crippen LogP contribution in [0.15, 0.2) is 0 Å². The maximum absolute atomic E-state index is 10.7. The molecule has 0 aromatic heterocycles. The third-order valence-electron chi connectivity index (χ3n) is 2.44. The van der Waals surface area contributed by atoms with Gasteiger partial charge in [-0.2, -0.15) is 0 Å². The van der Waals surface area contributed by atoms with Gasteiger partial charge in [-0.3, -0.25) is 4.57 Å². The van der Waals surface area contributed by atoms with Gasteiger partial charge < -0.3 is 10.6 Å². The van der Waals surface area contributed by atoms with Gasteiger partial charge in [-0.15, -0.1) is 0 Å². The Morgan fingerprint density at radius 1 is 1.36 bits per heavy atom. The summed E-state index contributed by atoms with van der Waals surface area (Å²) >= 11 is 0. The van der Waals surface area contributed by atoms with Gasteiger partial charge in [-0.05, 0) is 18.8 Å². The minimum absolute atomic E-state index is 0.306. The molecule has 0 aliphatic heterocycles. The molecule has 3 nitrogen and oxygen atoms in total. The lowest BCUT2D eigenvalue weighted by Gasteiger charge is -2.25. The minimum atomic E-state index is -2.48. The van der Waals surface area contributed by atoms with Crippen LogP contribution in [0.3, 0.4) is 0 Å². The van der Waals surface area contributed by atoms with Crippen LogP contribution in [0, 0.1) is 5.92 Å². The Kier molecular flexibility index (Phi) is 3.57. The van der Waals surface area contributed by atoms with Gasteiger partial charge in [0.15, 0.2) is 0 Å². The van der Waals surface area contributed by atoms with Gasteiger partial charge in [0.05, 0.1) is 5.78 Å². The molecule has 1 saturated carbocycles. The number of hydrogen-bond donors (Lipinski definition) is 2. The van der Waals surface area contributed by atoms with Crippen molar-refractivity contribution >= 4 is 8.03 Å². The maximum Gasteiger partial charge on any atom is 0.205 e. The van der Waals surface area contributed by atoms with Crippen LogP contribution in [-0.2, 0) is 4.57 Å². The number of hydrogen-bond acceptors (Lipinski definition) is 2. The number of nitrogens with two attached hydrogens (primary N) is 1. The van der Waals surface area contributed by atoms with E-state index in [1.807, 2.05) is 0 Å². The fourth-order valence-corrected chi connectivity index (χ4v) is 2.43. The topological polar surface area (TPSA) is 63.3 Å². The largest absolute Gasteiger partial charge is 0.345 e. The summed E-state index contributed by atoms with van der Waals surface area (Å²) in [4.78, 5) is 8.79. The molecular weight excluding hydrogens is 161 g/mol. The van der Waals surface area contributed by atoms with Crippen molar-refractivity contribution in [2.75, 3.05) is 0 Å². The van der Waals surface area contributed by atoms with Crippen LogP contribution in [0.5, 0.6) is 0 Å². The molecule has 0 heterocycles. The van der Waals surface area contributed by atoms with E-state index in [2.05, 4.69) is 0 Å². The van der Waals surface area contributed by atoms with Gasteiger partial charge in [0, 0.05) is 0 Å². The lowest BCUT2D eigenvalue weighted by atomic mass is 9.89. The van der Waals surface area contributed by atoms with Crippen LogP contribution in [0.1, 0.15) is 32.1 Å². The van der Waals surface area contributed by atoms with E-state index in [9.17, 15) is 4.57 Å². The quantitative estimate of drug-likeness (QED) is 0.625. The summed E-state index contributed by atoms with van der Waals surface area (Å²) in [6, 6.07) is 0. The molecule has 66 valence electrons. The zero-order valence-electron chi connectivity index (χ0n) is 6.62. The predicted octanol–water partition coefficient (Wildman–Crippen LogP) is 1.32. The highest BCUT2D eigenvalue weighted by Gasteiger charge is 2.23. The van der Waals surface area contributed by atoms with Crippen molar-refractivity contribution in [1.82, 2.24) is 0 Å². The summed E-state index contributed by atoms with van der Waals surface area (Å²) in [6.07, 6.45) is 5.69. The third kappa shape index (κ3) is 2.58. The highest BCUT2D eigenvalue weighted by molar-refractivity contribution is 7.38. The first-order chi connectivity index (χ1) is 5.22. The first-order valence-electron chi connectivity index (χ1n) is 4.20. The smallest absolute Gasteiger partial charge is 0.205 e. The van der Waals surface area contributed by atoms with Crippen LogP contribution in [-0.4, -0.2) is 10.7 Å². The lowest BCUT2D eigenvalue weighted by molar-refractivity contribution is 0.334. The second-order valence-electron chi connectivity index (χ2n) is 3.26. The van der Waals surface area contributed by atoms with Crippen molar-refractivity contribution in [2.24, 2.45) is 11.7 Å². The summed E-state index contributed by atoms with van der Waals surface area (Å²) in [6.45, 7) is 0. The van der Waals surface area contributed by atoms with Crippen molar-refractivity contribution < 1.29 is 9.46 Å². The molecule has 0 aromatic carbocycles. The molecule has 0 amide bonds. The highest BCUT2D eigenvalue weighted by Crippen LogP contribution is 2.34. The zero-order chi connectivity index (χ0) is 8.27. The molecule has 0 spiro atoms. The lowest BCUT2D eigenvalue weighted by Crippen LogP contribution is -2.28. The average molecular weight is 177 g/mol. The molecule has 1 rings (SSSR count). The van der Waals surface area contributed by atoms with Crippen molar-refractivity contribution in [3.05, 3.63) is 0 Å². The monoisotopic (exact) mass is 177 g/mol.